The van der Waals surface area contributed by atoms with Gasteiger partial charge in [0.25, 0.3) is 0 Å². The van der Waals surface area contributed by atoms with Crippen molar-refractivity contribution in [2.75, 3.05) is 0 Å². The van der Waals surface area contributed by atoms with Crippen LogP contribution in [-0.4, -0.2) is 10.9 Å². The monoisotopic (exact) mass is 520 g/mol. The Labute approximate surface area is 215 Å². The van der Waals surface area contributed by atoms with Crippen LogP contribution in [0, 0.1) is 5.82 Å². The van der Waals surface area contributed by atoms with Gasteiger partial charge in [-0.15, -0.1) is 0 Å². The van der Waals surface area contributed by atoms with Crippen molar-refractivity contribution >= 4 is 40.0 Å². The average molecular weight is 521 g/mol. The quantitative estimate of drug-likeness (QED) is 0.182. The predicted octanol–water partition coefficient (Wildman–Crippen LogP) is 7.92. The molecular weight excluding hydrogens is 502 g/mol. The molecule has 1 N–H and O–H groups in total. The number of ketones is 1. The van der Waals surface area contributed by atoms with Crippen LogP contribution in [0.2, 0.25) is 10.0 Å². The molecule has 36 heavy (non-hydrogen) atoms. The number of aryl methyl sites for hydroxylation is 1. The third kappa shape index (κ3) is 4.60. The van der Waals surface area contributed by atoms with E-state index in [1.807, 2.05) is 0 Å². The third-order valence-electron chi connectivity index (χ3n) is 6.15. The number of carbonyl (C=O) groups is 1. The van der Waals surface area contributed by atoms with Gasteiger partial charge >= 0.3 is 0 Å². The lowest BCUT2D eigenvalue weighted by Crippen LogP contribution is -2.03. The number of rotatable bonds is 6. The fraction of sp³-hybridized carbons (Fsp3) is 0.103. The van der Waals surface area contributed by atoms with Gasteiger partial charge in [0.2, 0.25) is 5.43 Å². The highest BCUT2D eigenvalue weighted by Gasteiger charge is 2.20. The van der Waals surface area contributed by atoms with Crippen LogP contribution in [0.15, 0.2) is 82.0 Å². The number of hydrogen-bond acceptors (Lipinski definition) is 4. The number of hydrogen-bond donors (Lipinski definition) is 1. The maximum absolute atomic E-state index is 13.8. The minimum atomic E-state index is -0.382. The third-order valence-corrected chi connectivity index (χ3v) is 6.74. The molecule has 1 aliphatic carbocycles. The number of phenolic OH excluding ortho intramolecular Hbond substituents is 1. The molecule has 0 spiro atoms. The maximum Gasteiger partial charge on any atom is 0.200 e. The lowest BCUT2D eigenvalue weighted by Gasteiger charge is -2.16. The van der Waals surface area contributed by atoms with Crippen molar-refractivity contribution < 1.29 is 18.7 Å². The summed E-state index contributed by atoms with van der Waals surface area (Å²) in [4.78, 5) is 24.9. The zero-order chi connectivity index (χ0) is 25.4. The Morgan fingerprint density at radius 1 is 0.944 bits per heavy atom. The van der Waals surface area contributed by atoms with E-state index in [2.05, 4.69) is 0 Å². The number of aromatic hydroxyl groups is 1. The van der Waals surface area contributed by atoms with E-state index in [0.717, 1.165) is 5.56 Å². The summed E-state index contributed by atoms with van der Waals surface area (Å²) in [7, 11) is 0. The van der Waals surface area contributed by atoms with E-state index in [1.165, 1.54) is 18.2 Å². The molecule has 0 fully saturated rings. The second kappa shape index (κ2) is 9.76. The minimum Gasteiger partial charge on any atom is -0.506 e. The highest BCUT2D eigenvalue weighted by Crippen LogP contribution is 2.43. The fourth-order valence-electron chi connectivity index (χ4n) is 4.32. The molecule has 180 valence electrons. The molecule has 5 rings (SSSR count). The van der Waals surface area contributed by atoms with Crippen molar-refractivity contribution in [3.63, 3.8) is 0 Å². The molecular formula is C29H19Cl2FO4. The van der Waals surface area contributed by atoms with Crippen LogP contribution in [0.1, 0.15) is 28.8 Å². The summed E-state index contributed by atoms with van der Waals surface area (Å²) < 4.78 is 19.7. The molecule has 7 heteroatoms. The minimum absolute atomic E-state index is 0.0392. The summed E-state index contributed by atoms with van der Waals surface area (Å²) in [6.45, 7) is 0. The summed E-state index contributed by atoms with van der Waals surface area (Å²) in [6, 6.07) is 19.5. The summed E-state index contributed by atoms with van der Waals surface area (Å²) in [5.41, 5.74) is 3.14. The Balaban J connectivity index is 1.49. The van der Waals surface area contributed by atoms with Crippen molar-refractivity contribution in [1.29, 1.82) is 0 Å². The largest absolute Gasteiger partial charge is 0.506 e. The second-order valence-electron chi connectivity index (χ2n) is 8.50. The van der Waals surface area contributed by atoms with Crippen molar-refractivity contribution in [1.82, 2.24) is 0 Å². The van der Waals surface area contributed by atoms with Crippen LogP contribution >= 0.6 is 23.2 Å². The molecule has 4 nitrogen and oxygen atoms in total. The van der Waals surface area contributed by atoms with Crippen LogP contribution in [0.25, 0.3) is 33.4 Å². The molecule has 0 amide bonds. The lowest BCUT2D eigenvalue weighted by molar-refractivity contribution is 0.0980. The van der Waals surface area contributed by atoms with E-state index in [0.29, 0.717) is 58.2 Å². The number of carbonyl (C=O) groups excluding carboxylic acids is 1. The first-order valence-corrected chi connectivity index (χ1v) is 12.0. The zero-order valence-corrected chi connectivity index (χ0v) is 20.4. The topological polar surface area (TPSA) is 67.5 Å². The van der Waals surface area contributed by atoms with E-state index in [4.69, 9.17) is 27.6 Å². The van der Waals surface area contributed by atoms with Crippen LogP contribution in [0.5, 0.6) is 5.75 Å². The first kappa shape index (κ1) is 24.0. The first-order chi connectivity index (χ1) is 17.3. The SMILES string of the molecule is O=C(CCCc1ccccc1F)c1ccc(-c2c3cc(Cl)c(=O)cc-3oc3cc(O)c(Cl)cc23)cc1. The van der Waals surface area contributed by atoms with Crippen molar-refractivity contribution in [3.8, 4) is 28.2 Å². The molecule has 2 aliphatic rings. The molecule has 0 saturated carbocycles. The predicted molar refractivity (Wildman–Crippen MR) is 140 cm³/mol. The summed E-state index contributed by atoms with van der Waals surface area (Å²) in [6.07, 6.45) is 1.31. The Morgan fingerprint density at radius 2 is 1.69 bits per heavy atom. The normalized spacial score (nSPS) is 11.3. The summed E-state index contributed by atoms with van der Waals surface area (Å²) in [5.74, 6) is -0.142. The Morgan fingerprint density at radius 3 is 2.44 bits per heavy atom. The van der Waals surface area contributed by atoms with E-state index >= 15 is 0 Å². The number of halogens is 3. The zero-order valence-electron chi connectivity index (χ0n) is 18.9. The number of phenols is 1. The first-order valence-electron chi connectivity index (χ1n) is 11.3. The molecule has 3 aromatic carbocycles. The van der Waals surface area contributed by atoms with E-state index in [1.54, 1.807) is 54.6 Å². The van der Waals surface area contributed by atoms with Gasteiger partial charge in [0.05, 0.1) is 10.0 Å². The maximum atomic E-state index is 13.8. The molecule has 0 bridgehead atoms. The summed E-state index contributed by atoms with van der Waals surface area (Å²) >= 11 is 12.3. The number of fused-ring (bicyclic) bond motifs is 2. The van der Waals surface area contributed by atoms with Gasteiger partial charge in [-0.3, -0.25) is 9.59 Å². The smallest absolute Gasteiger partial charge is 0.200 e. The molecule has 1 aliphatic heterocycles. The van der Waals surface area contributed by atoms with Gasteiger partial charge in [-0.25, -0.2) is 4.39 Å². The van der Waals surface area contributed by atoms with Gasteiger partial charge in [-0.2, -0.15) is 0 Å². The average Bonchev–Trinajstić information content (AvgIpc) is 2.86. The molecule has 0 aromatic heterocycles. The van der Waals surface area contributed by atoms with Crippen molar-refractivity contribution in [2.45, 2.75) is 19.3 Å². The lowest BCUT2D eigenvalue weighted by atomic mass is 9.92. The fourth-order valence-corrected chi connectivity index (χ4v) is 4.65. The molecule has 0 saturated heterocycles. The standard InChI is InChI=1S/C29H19Cl2FO4/c30-21-12-19-27(14-25(21)34)36-28-15-26(35)22(31)13-20(28)29(19)18-10-8-17(9-11-18)24(33)7-3-5-16-4-1-2-6-23(16)32/h1-2,4,6,8-15,34H,3,5,7H2. The molecule has 1 heterocycles. The Bertz CT molecular complexity index is 1640. The van der Waals surface area contributed by atoms with Crippen molar-refractivity contribution in [2.24, 2.45) is 0 Å². The van der Waals surface area contributed by atoms with E-state index in [-0.39, 0.29) is 32.8 Å². The van der Waals surface area contributed by atoms with Crippen LogP contribution < -0.4 is 5.43 Å². The molecule has 0 atom stereocenters. The molecule has 0 unspecified atom stereocenters. The van der Waals surface area contributed by atoms with Crippen LogP contribution in [0.4, 0.5) is 4.39 Å². The second-order valence-corrected chi connectivity index (χ2v) is 9.32. The van der Waals surface area contributed by atoms with E-state index < -0.39 is 0 Å². The van der Waals surface area contributed by atoms with Gasteiger partial charge in [0.1, 0.15) is 22.9 Å². The highest BCUT2D eigenvalue weighted by molar-refractivity contribution is 6.33. The van der Waals surface area contributed by atoms with Gasteiger partial charge < -0.3 is 9.52 Å². The van der Waals surface area contributed by atoms with Crippen LogP contribution in [-0.2, 0) is 6.42 Å². The van der Waals surface area contributed by atoms with Gasteiger partial charge in [-0.1, -0.05) is 65.7 Å². The van der Waals surface area contributed by atoms with Gasteiger partial charge in [-0.05, 0) is 42.2 Å². The van der Waals surface area contributed by atoms with Gasteiger partial charge in [0.15, 0.2) is 5.78 Å². The van der Waals surface area contributed by atoms with Gasteiger partial charge in [0, 0.05) is 40.6 Å². The Hall–Kier alpha value is -3.67. The molecule has 3 aromatic rings. The Kier molecular flexibility index (Phi) is 6.52. The van der Waals surface area contributed by atoms with Crippen molar-refractivity contribution in [3.05, 3.63) is 110 Å². The molecule has 0 radical (unpaired) electrons. The van der Waals surface area contributed by atoms with Crippen LogP contribution in [0.3, 0.4) is 0 Å². The highest BCUT2D eigenvalue weighted by atomic mass is 35.5. The number of benzene rings is 4. The van der Waals surface area contributed by atoms with E-state index in [9.17, 15) is 19.1 Å². The number of Topliss-reactive ketones (excluding diaryl/α,β-unsaturated/α-hetero) is 1. The summed E-state index contributed by atoms with van der Waals surface area (Å²) in [5, 5.41) is 10.9.